The Morgan fingerprint density at radius 1 is 1.50 bits per heavy atom. The molecule has 0 aromatic carbocycles. The Bertz CT molecular complexity index is 189. The zero-order valence-electron chi connectivity index (χ0n) is 6.41. The molecule has 0 aliphatic carbocycles. The third kappa shape index (κ3) is 1.72. The van der Waals surface area contributed by atoms with E-state index in [9.17, 15) is 0 Å². The second kappa shape index (κ2) is 3.20. The van der Waals surface area contributed by atoms with Crippen molar-refractivity contribution in [2.24, 2.45) is 4.99 Å². The molecule has 0 unspecified atom stereocenters. The van der Waals surface area contributed by atoms with E-state index in [0.717, 1.165) is 12.4 Å². The van der Waals surface area contributed by atoms with Crippen LogP contribution in [0.25, 0.3) is 0 Å². The van der Waals surface area contributed by atoms with E-state index >= 15 is 0 Å². The summed E-state index contributed by atoms with van der Waals surface area (Å²) in [6, 6.07) is 0. The lowest BCUT2D eigenvalue weighted by atomic mass is 10.4. The van der Waals surface area contributed by atoms with Crippen molar-refractivity contribution in [3.63, 3.8) is 0 Å². The molecule has 0 saturated carbocycles. The number of rotatable bonds is 0. The van der Waals surface area contributed by atoms with Crippen LogP contribution in [0.1, 0.15) is 6.92 Å². The Balaban J connectivity index is 2.73. The average Bonchev–Trinajstić information content (AvgIpc) is 1.92. The summed E-state index contributed by atoms with van der Waals surface area (Å²) >= 11 is 0. The summed E-state index contributed by atoms with van der Waals surface area (Å²) in [6.45, 7) is 2.95. The Hall–Kier alpha value is -1.05. The van der Waals surface area contributed by atoms with Gasteiger partial charge in [0.15, 0.2) is 0 Å². The summed E-state index contributed by atoms with van der Waals surface area (Å²) in [7, 11) is 2.03. The number of nitrogens with zero attached hydrogens (tertiary/aromatic N) is 2. The number of hydrogen-bond acceptors (Lipinski definition) is 2. The molecule has 1 rings (SSSR count). The predicted octanol–water partition coefficient (Wildman–Crippen LogP) is 1.42. The van der Waals surface area contributed by atoms with Gasteiger partial charge in [-0.25, -0.2) is 4.99 Å². The lowest BCUT2D eigenvalue weighted by molar-refractivity contribution is 0.559. The molecular weight excluding hydrogens is 124 g/mol. The SMILES string of the molecule is C/C1=N/C=C\C=C/CN1C. The van der Waals surface area contributed by atoms with Crippen LogP contribution in [-0.4, -0.2) is 24.3 Å². The molecule has 0 amide bonds. The minimum atomic E-state index is 0.944. The highest BCUT2D eigenvalue weighted by atomic mass is 15.1. The fourth-order valence-electron chi connectivity index (χ4n) is 0.729. The monoisotopic (exact) mass is 136 g/mol. The molecule has 0 fully saturated rings. The highest BCUT2D eigenvalue weighted by molar-refractivity contribution is 5.80. The molecule has 54 valence electrons. The van der Waals surface area contributed by atoms with Crippen molar-refractivity contribution < 1.29 is 0 Å². The molecule has 0 spiro atoms. The number of aliphatic imine (C=N–C) groups is 1. The standard InChI is InChI=1S/C8H12N2/c1-8-9-6-4-3-5-7-10(8)2/h3-6H,7H2,1-2H3/b5-3-,6-4-,9-8-. The van der Waals surface area contributed by atoms with Crippen molar-refractivity contribution in [3.05, 3.63) is 24.4 Å². The maximum Gasteiger partial charge on any atom is 0.101 e. The summed E-state index contributed by atoms with van der Waals surface area (Å²) in [5.41, 5.74) is 0. The predicted molar refractivity (Wildman–Crippen MR) is 44.0 cm³/mol. The first kappa shape index (κ1) is 7.06. The van der Waals surface area contributed by atoms with Crippen molar-refractivity contribution >= 4 is 5.84 Å². The van der Waals surface area contributed by atoms with Gasteiger partial charge in [0.2, 0.25) is 0 Å². The van der Waals surface area contributed by atoms with Crippen molar-refractivity contribution in [1.29, 1.82) is 0 Å². The fraction of sp³-hybridized carbons (Fsp3) is 0.375. The van der Waals surface area contributed by atoms with Gasteiger partial charge in [0.1, 0.15) is 5.84 Å². The Morgan fingerprint density at radius 2 is 2.30 bits per heavy atom. The quantitative estimate of drug-likeness (QED) is 0.491. The molecule has 10 heavy (non-hydrogen) atoms. The molecular formula is C8H12N2. The first-order valence-electron chi connectivity index (χ1n) is 3.38. The molecule has 1 aliphatic heterocycles. The minimum absolute atomic E-state index is 0.944. The Kier molecular flexibility index (Phi) is 2.26. The van der Waals surface area contributed by atoms with Crippen molar-refractivity contribution in [2.45, 2.75) is 6.92 Å². The molecule has 1 aliphatic rings. The molecule has 0 atom stereocenters. The van der Waals surface area contributed by atoms with Gasteiger partial charge in [-0.3, -0.25) is 0 Å². The van der Waals surface area contributed by atoms with E-state index in [4.69, 9.17) is 0 Å². The number of likely N-dealkylation sites (N-methyl/N-ethyl adjacent to an activating group) is 1. The van der Waals surface area contributed by atoms with Crippen LogP contribution in [0.4, 0.5) is 0 Å². The van der Waals surface area contributed by atoms with Crippen LogP contribution in [0.3, 0.4) is 0 Å². The highest BCUT2D eigenvalue weighted by Crippen LogP contribution is 1.93. The topological polar surface area (TPSA) is 15.6 Å². The van der Waals surface area contributed by atoms with Gasteiger partial charge < -0.3 is 4.90 Å². The molecule has 0 radical (unpaired) electrons. The first-order chi connectivity index (χ1) is 4.80. The summed E-state index contributed by atoms with van der Waals surface area (Å²) in [5.74, 6) is 1.06. The van der Waals surface area contributed by atoms with E-state index in [1.165, 1.54) is 0 Å². The molecule has 0 aromatic rings. The average molecular weight is 136 g/mol. The minimum Gasteiger partial charge on any atom is -0.360 e. The van der Waals surface area contributed by atoms with Gasteiger partial charge >= 0.3 is 0 Å². The summed E-state index contributed by atoms with van der Waals surface area (Å²) in [6.07, 6.45) is 7.86. The normalized spacial score (nSPS) is 29.8. The third-order valence-corrected chi connectivity index (χ3v) is 1.53. The van der Waals surface area contributed by atoms with Gasteiger partial charge in [0.05, 0.1) is 0 Å². The summed E-state index contributed by atoms with van der Waals surface area (Å²) < 4.78 is 0. The van der Waals surface area contributed by atoms with Gasteiger partial charge in [0, 0.05) is 19.8 Å². The van der Waals surface area contributed by atoms with E-state index in [0.29, 0.717) is 0 Å². The van der Waals surface area contributed by atoms with Crippen LogP contribution >= 0.6 is 0 Å². The second-order valence-electron chi connectivity index (χ2n) is 2.33. The van der Waals surface area contributed by atoms with E-state index < -0.39 is 0 Å². The van der Waals surface area contributed by atoms with Crippen molar-refractivity contribution in [2.75, 3.05) is 13.6 Å². The molecule has 1 heterocycles. The van der Waals surface area contributed by atoms with E-state index in [-0.39, 0.29) is 0 Å². The molecule has 0 aromatic heterocycles. The van der Waals surface area contributed by atoms with Gasteiger partial charge in [-0.05, 0) is 13.0 Å². The van der Waals surface area contributed by atoms with E-state index in [1.54, 1.807) is 0 Å². The van der Waals surface area contributed by atoms with Crippen LogP contribution in [-0.2, 0) is 0 Å². The number of hydrogen-bond donors (Lipinski definition) is 0. The fourth-order valence-corrected chi connectivity index (χ4v) is 0.729. The zero-order chi connectivity index (χ0) is 7.40. The molecule has 2 heteroatoms. The van der Waals surface area contributed by atoms with Crippen molar-refractivity contribution in [1.82, 2.24) is 4.90 Å². The Labute approximate surface area is 61.6 Å². The van der Waals surface area contributed by atoms with E-state index in [1.807, 2.05) is 32.3 Å². The van der Waals surface area contributed by atoms with Crippen LogP contribution < -0.4 is 0 Å². The third-order valence-electron chi connectivity index (χ3n) is 1.53. The number of allylic oxidation sites excluding steroid dienone is 2. The number of amidine groups is 1. The van der Waals surface area contributed by atoms with Gasteiger partial charge in [-0.2, -0.15) is 0 Å². The van der Waals surface area contributed by atoms with Gasteiger partial charge in [0.25, 0.3) is 0 Å². The lowest BCUT2D eigenvalue weighted by Gasteiger charge is -2.15. The van der Waals surface area contributed by atoms with Crippen LogP contribution in [0, 0.1) is 0 Å². The van der Waals surface area contributed by atoms with Crippen LogP contribution in [0.15, 0.2) is 29.4 Å². The van der Waals surface area contributed by atoms with Crippen LogP contribution in [0.5, 0.6) is 0 Å². The zero-order valence-corrected chi connectivity index (χ0v) is 6.41. The van der Waals surface area contributed by atoms with Gasteiger partial charge in [-0.15, -0.1) is 0 Å². The molecule has 0 N–H and O–H groups in total. The maximum absolute atomic E-state index is 4.18. The second-order valence-corrected chi connectivity index (χ2v) is 2.33. The lowest BCUT2D eigenvalue weighted by Crippen LogP contribution is -2.24. The molecule has 2 nitrogen and oxygen atoms in total. The largest absolute Gasteiger partial charge is 0.360 e. The summed E-state index contributed by atoms with van der Waals surface area (Å²) in [5, 5.41) is 0. The van der Waals surface area contributed by atoms with E-state index in [2.05, 4.69) is 16.0 Å². The highest BCUT2D eigenvalue weighted by Gasteiger charge is 1.95. The van der Waals surface area contributed by atoms with Crippen LogP contribution in [0.2, 0.25) is 0 Å². The van der Waals surface area contributed by atoms with Crippen molar-refractivity contribution in [3.8, 4) is 0 Å². The molecule has 0 saturated heterocycles. The smallest absolute Gasteiger partial charge is 0.101 e. The van der Waals surface area contributed by atoms with Gasteiger partial charge in [-0.1, -0.05) is 12.2 Å². The first-order valence-corrected chi connectivity index (χ1v) is 3.38. The summed E-state index contributed by atoms with van der Waals surface area (Å²) in [4.78, 5) is 6.27. The molecule has 0 bridgehead atoms. The maximum atomic E-state index is 4.18. The Morgan fingerprint density at radius 3 is 3.10 bits per heavy atom.